The van der Waals surface area contributed by atoms with Gasteiger partial charge in [-0.25, -0.2) is 9.97 Å². The number of pyridine rings is 2. The first-order valence-electron chi connectivity index (χ1n) is 12.1. The third kappa shape index (κ3) is 6.35. The molecule has 0 saturated heterocycles. The highest BCUT2D eigenvalue weighted by molar-refractivity contribution is 6.31. The molecule has 0 aliphatic carbocycles. The van der Waals surface area contributed by atoms with Gasteiger partial charge in [-0.3, -0.25) is 19.1 Å². The average Bonchev–Trinajstić information content (AvgIpc) is 2.83. The molecule has 0 aliphatic heterocycles. The fourth-order valence-corrected chi connectivity index (χ4v) is 4.42. The van der Waals surface area contributed by atoms with Crippen LogP contribution >= 0.6 is 11.6 Å². The minimum atomic E-state index is -0.464. The molecule has 0 spiro atoms. The summed E-state index contributed by atoms with van der Waals surface area (Å²) in [7, 11) is 5.50. The minimum Gasteiger partial charge on any atom is -0.495 e. The Morgan fingerprint density at radius 2 is 1.82 bits per heavy atom. The molecule has 0 bridgehead atoms. The predicted molar refractivity (Wildman–Crippen MR) is 149 cm³/mol. The van der Waals surface area contributed by atoms with Crippen LogP contribution in [0, 0.1) is 0 Å². The molecule has 1 N–H and O–H groups in total. The van der Waals surface area contributed by atoms with Crippen molar-refractivity contribution >= 4 is 28.5 Å². The van der Waals surface area contributed by atoms with Crippen LogP contribution in [0.1, 0.15) is 26.3 Å². The topological polar surface area (TPSA) is 102 Å². The summed E-state index contributed by atoms with van der Waals surface area (Å²) in [5, 5.41) is 3.79. The van der Waals surface area contributed by atoms with Gasteiger partial charge in [0.15, 0.2) is 5.65 Å². The maximum Gasteiger partial charge on any atom is 0.263 e. The van der Waals surface area contributed by atoms with Crippen LogP contribution in [0.2, 0.25) is 5.02 Å². The van der Waals surface area contributed by atoms with Crippen molar-refractivity contribution in [3.8, 4) is 28.3 Å². The first-order chi connectivity index (χ1) is 17.9. The Balaban J connectivity index is 1.89. The van der Waals surface area contributed by atoms with E-state index in [2.05, 4.69) is 20.3 Å². The van der Waals surface area contributed by atoms with Gasteiger partial charge in [0.2, 0.25) is 5.91 Å². The average molecular weight is 535 g/mol. The van der Waals surface area contributed by atoms with Crippen molar-refractivity contribution in [2.24, 2.45) is 0 Å². The van der Waals surface area contributed by atoms with Crippen molar-refractivity contribution in [3.05, 3.63) is 69.9 Å². The molecule has 0 radical (unpaired) electrons. The maximum atomic E-state index is 13.9. The number of rotatable bonds is 7. The SMILES string of the molecule is COc1cncc(-c2nc3ncc(-c4cc(Cl)cc(CN(C)C)c4)cc3c(=O)n2CC(=O)NC(C)(C)C)c1. The number of ether oxygens (including phenoxy) is 1. The van der Waals surface area contributed by atoms with E-state index in [0.29, 0.717) is 28.3 Å². The number of hydrogen-bond donors (Lipinski definition) is 1. The number of amides is 1. The van der Waals surface area contributed by atoms with E-state index in [0.717, 1.165) is 16.7 Å². The van der Waals surface area contributed by atoms with Crippen molar-refractivity contribution in [3.63, 3.8) is 0 Å². The number of methoxy groups -OCH3 is 1. The predicted octanol–water partition coefficient (Wildman–Crippen LogP) is 4.16. The summed E-state index contributed by atoms with van der Waals surface area (Å²) in [4.78, 5) is 42.2. The van der Waals surface area contributed by atoms with Crippen LogP contribution < -0.4 is 15.6 Å². The fraction of sp³-hybridized carbons (Fsp3) is 0.321. The number of nitrogens with zero attached hydrogens (tertiary/aromatic N) is 5. The van der Waals surface area contributed by atoms with Crippen molar-refractivity contribution in [1.29, 1.82) is 0 Å². The quantitative estimate of drug-likeness (QED) is 0.380. The van der Waals surface area contributed by atoms with Crippen LogP contribution in [0.4, 0.5) is 0 Å². The van der Waals surface area contributed by atoms with Gasteiger partial charge in [-0.1, -0.05) is 11.6 Å². The number of nitrogens with one attached hydrogen (secondary N) is 1. The van der Waals surface area contributed by atoms with E-state index in [-0.39, 0.29) is 29.5 Å². The van der Waals surface area contributed by atoms with E-state index in [9.17, 15) is 9.59 Å². The largest absolute Gasteiger partial charge is 0.495 e. The second kappa shape index (κ2) is 10.9. The molecule has 0 saturated carbocycles. The van der Waals surface area contributed by atoms with Crippen molar-refractivity contribution < 1.29 is 9.53 Å². The van der Waals surface area contributed by atoms with Gasteiger partial charge in [0, 0.05) is 40.6 Å². The number of carbonyl (C=O) groups is 1. The molecule has 0 unspecified atom stereocenters. The normalized spacial score (nSPS) is 11.7. The summed E-state index contributed by atoms with van der Waals surface area (Å²) < 4.78 is 6.65. The molecule has 38 heavy (non-hydrogen) atoms. The van der Waals surface area contributed by atoms with E-state index < -0.39 is 5.54 Å². The number of halogens is 1. The molecule has 198 valence electrons. The first-order valence-corrected chi connectivity index (χ1v) is 12.5. The van der Waals surface area contributed by atoms with Gasteiger partial charge in [0.1, 0.15) is 18.1 Å². The molecule has 3 heterocycles. The van der Waals surface area contributed by atoms with Gasteiger partial charge in [0.05, 0.1) is 18.7 Å². The van der Waals surface area contributed by atoms with Crippen molar-refractivity contribution in [1.82, 2.24) is 29.7 Å². The Bertz CT molecular complexity index is 1560. The molecule has 0 fully saturated rings. The maximum absolute atomic E-state index is 13.9. The van der Waals surface area contributed by atoms with Crippen LogP contribution in [0.15, 0.2) is 53.7 Å². The summed E-state index contributed by atoms with van der Waals surface area (Å²) in [6.45, 7) is 6.13. The van der Waals surface area contributed by atoms with Crippen LogP contribution in [0.25, 0.3) is 33.5 Å². The number of carbonyl (C=O) groups excluding carboxylic acids is 1. The van der Waals surface area contributed by atoms with Gasteiger partial charge >= 0.3 is 0 Å². The van der Waals surface area contributed by atoms with Gasteiger partial charge in [-0.2, -0.15) is 0 Å². The molecule has 0 aliphatic rings. The molecule has 4 aromatic rings. The number of fused-ring (bicyclic) bond motifs is 1. The molecule has 1 aromatic carbocycles. The Kier molecular flexibility index (Phi) is 7.80. The summed E-state index contributed by atoms with van der Waals surface area (Å²) in [5.41, 5.74) is 2.53. The Labute approximate surface area is 226 Å². The smallest absolute Gasteiger partial charge is 0.263 e. The van der Waals surface area contributed by atoms with Crippen molar-refractivity contribution in [2.45, 2.75) is 39.4 Å². The van der Waals surface area contributed by atoms with Gasteiger partial charge < -0.3 is 15.0 Å². The van der Waals surface area contributed by atoms with Gasteiger partial charge in [0.25, 0.3) is 5.56 Å². The lowest BCUT2D eigenvalue weighted by molar-refractivity contribution is -0.123. The van der Waals surface area contributed by atoms with Crippen LogP contribution in [-0.4, -0.2) is 57.1 Å². The zero-order valence-corrected chi connectivity index (χ0v) is 23.1. The molecule has 3 aromatic heterocycles. The standard InChI is InChI=1S/C28H31ClN6O3/c1-28(2,3)33-24(36)16-35-26(20-10-22(38-6)14-30-12-20)32-25-23(27(35)37)11-19(13-31-25)18-7-17(15-34(4)5)8-21(29)9-18/h7-14H,15-16H2,1-6H3,(H,33,36). The minimum absolute atomic E-state index is 0.222. The summed E-state index contributed by atoms with van der Waals surface area (Å²) in [5.74, 6) is 0.458. The number of benzene rings is 1. The molecule has 10 heteroatoms. The second-order valence-electron chi connectivity index (χ2n) is 10.4. The van der Waals surface area contributed by atoms with Gasteiger partial charge in [-0.15, -0.1) is 0 Å². The molecule has 9 nitrogen and oxygen atoms in total. The summed E-state index contributed by atoms with van der Waals surface area (Å²) >= 11 is 6.40. The molecule has 0 atom stereocenters. The summed E-state index contributed by atoms with van der Waals surface area (Å²) in [6.07, 6.45) is 4.80. The second-order valence-corrected chi connectivity index (χ2v) is 10.9. The highest BCUT2D eigenvalue weighted by Crippen LogP contribution is 2.27. The van der Waals surface area contributed by atoms with E-state index in [4.69, 9.17) is 16.3 Å². The van der Waals surface area contributed by atoms with E-state index in [1.54, 1.807) is 30.7 Å². The van der Waals surface area contributed by atoms with Gasteiger partial charge in [-0.05, 0) is 76.3 Å². The zero-order valence-electron chi connectivity index (χ0n) is 22.4. The van der Waals surface area contributed by atoms with E-state index in [1.165, 1.54) is 11.7 Å². The Hall–Kier alpha value is -3.82. The van der Waals surface area contributed by atoms with E-state index >= 15 is 0 Å². The highest BCUT2D eigenvalue weighted by Gasteiger charge is 2.20. The van der Waals surface area contributed by atoms with Crippen LogP contribution in [0.3, 0.4) is 0 Å². The number of aromatic nitrogens is 4. The van der Waals surface area contributed by atoms with E-state index in [1.807, 2.05) is 58.0 Å². The Morgan fingerprint density at radius 1 is 1.05 bits per heavy atom. The lowest BCUT2D eigenvalue weighted by Crippen LogP contribution is -2.43. The number of hydrogen-bond acceptors (Lipinski definition) is 7. The molecule has 1 amide bonds. The molecule has 4 rings (SSSR count). The first kappa shape index (κ1) is 27.2. The highest BCUT2D eigenvalue weighted by atomic mass is 35.5. The van der Waals surface area contributed by atoms with Crippen molar-refractivity contribution in [2.75, 3.05) is 21.2 Å². The third-order valence-electron chi connectivity index (χ3n) is 5.62. The Morgan fingerprint density at radius 3 is 2.50 bits per heavy atom. The summed E-state index contributed by atoms with van der Waals surface area (Å²) in [6, 6.07) is 9.23. The fourth-order valence-electron chi connectivity index (χ4n) is 4.16. The lowest BCUT2D eigenvalue weighted by atomic mass is 10.0. The zero-order chi connectivity index (χ0) is 27.6. The van der Waals surface area contributed by atoms with Crippen LogP contribution in [-0.2, 0) is 17.9 Å². The lowest BCUT2D eigenvalue weighted by Gasteiger charge is -2.21. The monoisotopic (exact) mass is 534 g/mol. The molecular weight excluding hydrogens is 504 g/mol. The molecular formula is C28H31ClN6O3. The van der Waals surface area contributed by atoms with Crippen LogP contribution in [0.5, 0.6) is 5.75 Å². The third-order valence-corrected chi connectivity index (χ3v) is 5.84.